The number of nitrogens with zero attached hydrogens (tertiary/aromatic N) is 1. The van der Waals surface area contributed by atoms with Gasteiger partial charge in [-0.15, -0.1) is 6.58 Å². The highest BCUT2D eigenvalue weighted by molar-refractivity contribution is 5.68. The fourth-order valence-electron chi connectivity index (χ4n) is 4.51. The third-order valence-electron chi connectivity index (χ3n) is 6.62. The minimum Gasteiger partial charge on any atom is -0.444 e. The first-order valence-corrected chi connectivity index (χ1v) is 14.0. The van der Waals surface area contributed by atoms with Gasteiger partial charge in [-0.3, -0.25) is 0 Å². The zero-order chi connectivity index (χ0) is 28.8. The highest BCUT2D eigenvalue weighted by Gasteiger charge is 2.27. The third kappa shape index (κ3) is 10.6. The Labute approximate surface area is 239 Å². The summed E-state index contributed by atoms with van der Waals surface area (Å²) < 4.78 is 11.9. The largest absolute Gasteiger partial charge is 0.444 e. The van der Waals surface area contributed by atoms with E-state index in [1.807, 2.05) is 118 Å². The molecule has 0 aromatic heterocycles. The van der Waals surface area contributed by atoms with Crippen molar-refractivity contribution < 1.29 is 19.4 Å². The molecule has 0 aliphatic carbocycles. The average molecular weight is 545 g/mol. The minimum absolute atomic E-state index is 0.0568. The third-order valence-corrected chi connectivity index (χ3v) is 6.62. The Balaban J connectivity index is 1.78. The molecule has 0 saturated carbocycles. The van der Waals surface area contributed by atoms with E-state index < -0.39 is 5.60 Å². The highest BCUT2D eigenvalue weighted by atomic mass is 16.6. The van der Waals surface area contributed by atoms with Crippen LogP contribution in [0, 0.1) is 5.92 Å². The van der Waals surface area contributed by atoms with E-state index >= 15 is 0 Å². The Bertz CT molecular complexity index is 1130. The molecule has 3 aromatic rings. The molecular formula is C34H44N2O4. The van der Waals surface area contributed by atoms with Crippen molar-refractivity contribution in [3.05, 3.63) is 120 Å². The molecule has 0 bridgehead atoms. The van der Waals surface area contributed by atoms with E-state index in [0.717, 1.165) is 16.7 Å². The number of hydrogen-bond donors (Lipinski definition) is 2. The SMILES string of the molecule is C=C[C@H](COCc1ccccc1)[C@H](CCN(Cc1ccccc1)C(=O)OC(C)(C)C)N[C@@H](CO)c1ccccc1. The van der Waals surface area contributed by atoms with Gasteiger partial charge in [0.2, 0.25) is 0 Å². The maximum absolute atomic E-state index is 13.2. The molecule has 214 valence electrons. The van der Waals surface area contributed by atoms with Gasteiger partial charge in [0.25, 0.3) is 0 Å². The second kappa shape index (κ2) is 16.0. The van der Waals surface area contributed by atoms with Crippen molar-refractivity contribution >= 4 is 6.09 Å². The van der Waals surface area contributed by atoms with Crippen LogP contribution >= 0.6 is 0 Å². The van der Waals surface area contributed by atoms with Gasteiger partial charge in [-0.1, -0.05) is 97.1 Å². The second-order valence-corrected chi connectivity index (χ2v) is 11.0. The zero-order valence-electron chi connectivity index (χ0n) is 24.0. The van der Waals surface area contributed by atoms with Crippen LogP contribution in [0.1, 0.15) is 49.9 Å². The Hall–Kier alpha value is -3.45. The summed E-state index contributed by atoms with van der Waals surface area (Å²) in [4.78, 5) is 15.0. The van der Waals surface area contributed by atoms with Gasteiger partial charge in [0, 0.05) is 25.0 Å². The Morgan fingerprint density at radius 2 is 1.52 bits per heavy atom. The summed E-state index contributed by atoms with van der Waals surface area (Å²) in [5, 5.41) is 13.9. The van der Waals surface area contributed by atoms with Crippen molar-refractivity contribution in [1.29, 1.82) is 0 Å². The fourth-order valence-corrected chi connectivity index (χ4v) is 4.51. The smallest absolute Gasteiger partial charge is 0.410 e. The molecule has 3 aromatic carbocycles. The topological polar surface area (TPSA) is 71.0 Å². The summed E-state index contributed by atoms with van der Waals surface area (Å²) in [7, 11) is 0. The van der Waals surface area contributed by atoms with Crippen molar-refractivity contribution in [2.45, 2.75) is 58.0 Å². The van der Waals surface area contributed by atoms with Crippen LogP contribution in [0.4, 0.5) is 4.79 Å². The number of rotatable bonds is 15. The maximum atomic E-state index is 13.2. The van der Waals surface area contributed by atoms with Crippen molar-refractivity contribution in [2.75, 3.05) is 19.8 Å². The van der Waals surface area contributed by atoms with Crippen LogP contribution in [-0.4, -0.2) is 47.5 Å². The van der Waals surface area contributed by atoms with Crippen molar-refractivity contribution in [1.82, 2.24) is 10.2 Å². The van der Waals surface area contributed by atoms with Crippen LogP contribution in [0.5, 0.6) is 0 Å². The predicted octanol–water partition coefficient (Wildman–Crippen LogP) is 6.52. The molecule has 0 radical (unpaired) electrons. The van der Waals surface area contributed by atoms with E-state index in [9.17, 15) is 9.90 Å². The highest BCUT2D eigenvalue weighted by Crippen LogP contribution is 2.21. The molecule has 3 atom stereocenters. The number of aliphatic hydroxyl groups excluding tert-OH is 1. The molecule has 0 saturated heterocycles. The van der Waals surface area contributed by atoms with Gasteiger partial charge >= 0.3 is 6.09 Å². The molecular weight excluding hydrogens is 500 g/mol. The van der Waals surface area contributed by atoms with Crippen molar-refractivity contribution in [3.63, 3.8) is 0 Å². The van der Waals surface area contributed by atoms with E-state index in [0.29, 0.717) is 32.7 Å². The van der Waals surface area contributed by atoms with Crippen LogP contribution in [0.25, 0.3) is 0 Å². The Morgan fingerprint density at radius 3 is 2.08 bits per heavy atom. The van der Waals surface area contributed by atoms with E-state index in [1.165, 1.54) is 0 Å². The molecule has 0 aliphatic rings. The molecule has 0 spiro atoms. The predicted molar refractivity (Wildman–Crippen MR) is 161 cm³/mol. The van der Waals surface area contributed by atoms with Gasteiger partial charge < -0.3 is 24.8 Å². The van der Waals surface area contributed by atoms with Gasteiger partial charge in [0.1, 0.15) is 5.60 Å². The number of ether oxygens (including phenoxy) is 2. The molecule has 2 N–H and O–H groups in total. The first-order chi connectivity index (χ1) is 19.3. The second-order valence-electron chi connectivity index (χ2n) is 11.0. The first kappa shape index (κ1) is 31.1. The molecule has 6 nitrogen and oxygen atoms in total. The van der Waals surface area contributed by atoms with Crippen LogP contribution < -0.4 is 5.32 Å². The van der Waals surface area contributed by atoms with E-state index in [1.54, 1.807) is 4.90 Å². The lowest BCUT2D eigenvalue weighted by atomic mass is 9.95. The quantitative estimate of drug-likeness (QED) is 0.213. The summed E-state index contributed by atoms with van der Waals surface area (Å²) in [6.07, 6.45) is 2.16. The minimum atomic E-state index is -0.603. The lowest BCUT2D eigenvalue weighted by Gasteiger charge is -2.33. The monoisotopic (exact) mass is 544 g/mol. The van der Waals surface area contributed by atoms with E-state index in [-0.39, 0.29) is 30.7 Å². The molecule has 3 rings (SSSR count). The molecule has 0 fully saturated rings. The molecule has 0 unspecified atom stereocenters. The Morgan fingerprint density at radius 1 is 0.950 bits per heavy atom. The number of aliphatic hydroxyl groups is 1. The molecule has 1 amide bonds. The van der Waals surface area contributed by atoms with Gasteiger partial charge in [0.15, 0.2) is 0 Å². The lowest BCUT2D eigenvalue weighted by Crippen LogP contribution is -2.44. The van der Waals surface area contributed by atoms with Crippen LogP contribution in [-0.2, 0) is 22.6 Å². The van der Waals surface area contributed by atoms with Crippen molar-refractivity contribution in [3.8, 4) is 0 Å². The normalized spacial score (nSPS) is 13.7. The molecule has 40 heavy (non-hydrogen) atoms. The van der Waals surface area contributed by atoms with Crippen LogP contribution in [0.2, 0.25) is 0 Å². The summed E-state index contributed by atoms with van der Waals surface area (Å²) in [6, 6.07) is 29.5. The number of amides is 1. The number of benzene rings is 3. The summed E-state index contributed by atoms with van der Waals surface area (Å²) in [6.45, 7) is 11.5. The number of hydrogen-bond acceptors (Lipinski definition) is 5. The number of nitrogens with one attached hydrogen (secondary N) is 1. The maximum Gasteiger partial charge on any atom is 0.410 e. The van der Waals surface area contributed by atoms with Crippen LogP contribution in [0.3, 0.4) is 0 Å². The molecule has 0 aliphatic heterocycles. The number of carbonyl (C=O) groups excluding carboxylic acids is 1. The van der Waals surface area contributed by atoms with Gasteiger partial charge in [-0.05, 0) is 43.9 Å². The van der Waals surface area contributed by atoms with Gasteiger partial charge in [0.05, 0.1) is 25.9 Å². The summed E-state index contributed by atoms with van der Waals surface area (Å²) >= 11 is 0. The molecule has 0 heterocycles. The lowest BCUT2D eigenvalue weighted by molar-refractivity contribution is 0.0215. The van der Waals surface area contributed by atoms with Gasteiger partial charge in [-0.25, -0.2) is 4.79 Å². The molecule has 6 heteroatoms. The van der Waals surface area contributed by atoms with Gasteiger partial charge in [-0.2, -0.15) is 0 Å². The van der Waals surface area contributed by atoms with E-state index in [2.05, 4.69) is 11.9 Å². The van der Waals surface area contributed by atoms with Crippen molar-refractivity contribution in [2.24, 2.45) is 5.92 Å². The Kier molecular flexibility index (Phi) is 12.4. The summed E-state index contributed by atoms with van der Waals surface area (Å²) in [5.41, 5.74) is 2.53. The number of carbonyl (C=O) groups is 1. The first-order valence-electron chi connectivity index (χ1n) is 14.0. The van der Waals surface area contributed by atoms with Crippen LogP contribution in [0.15, 0.2) is 104 Å². The summed E-state index contributed by atoms with van der Waals surface area (Å²) in [5.74, 6) is -0.0568. The average Bonchev–Trinajstić information content (AvgIpc) is 2.95. The van der Waals surface area contributed by atoms with E-state index in [4.69, 9.17) is 9.47 Å². The zero-order valence-corrected chi connectivity index (χ0v) is 24.0. The standard InChI is InChI=1S/C34H44N2O4/c1-5-29(26-39-25-28-17-11-7-12-18-28)31(35-32(24-37)30-19-13-8-14-20-30)21-22-36(33(38)40-34(2,3)4)23-27-15-9-6-10-16-27/h5-20,29,31-32,35,37H,1,21-26H2,2-4H3/t29-,31+,32+/m1/s1. The fraction of sp³-hybridized carbons (Fsp3) is 0.382.